The van der Waals surface area contributed by atoms with E-state index in [2.05, 4.69) is 0 Å². The number of pyridine rings is 1. The molecule has 5 heteroatoms. The number of fused-ring (bicyclic) bond motifs is 1. The second kappa shape index (κ2) is 5.47. The molecule has 3 aromatic rings. The lowest BCUT2D eigenvalue weighted by molar-refractivity contribution is 0.930. The zero-order valence-electron chi connectivity index (χ0n) is 11.5. The number of hydrogen-bond acceptors (Lipinski definition) is 2. The first-order valence-corrected chi connectivity index (χ1v) is 7.39. The van der Waals surface area contributed by atoms with Crippen molar-refractivity contribution in [3.63, 3.8) is 0 Å². The van der Waals surface area contributed by atoms with Crippen LogP contribution in [-0.2, 0) is 0 Å². The van der Waals surface area contributed by atoms with Crippen LogP contribution in [0.25, 0.3) is 16.9 Å². The van der Waals surface area contributed by atoms with E-state index in [1.807, 2.05) is 60.0 Å². The van der Waals surface area contributed by atoms with Gasteiger partial charge in [0.1, 0.15) is 5.65 Å². The van der Waals surface area contributed by atoms with Crippen molar-refractivity contribution < 1.29 is 0 Å². The van der Waals surface area contributed by atoms with Gasteiger partial charge in [-0.05, 0) is 12.1 Å². The number of benzene rings is 1. The molecule has 0 radical (unpaired) electrons. The number of aromatic nitrogens is 2. The molecular weight excluding hydrogens is 302 g/mol. The van der Waals surface area contributed by atoms with Crippen LogP contribution in [0, 0.1) is 0 Å². The number of imidazole rings is 1. The van der Waals surface area contributed by atoms with Crippen LogP contribution in [0.1, 0.15) is 18.5 Å². The first kappa shape index (κ1) is 14.0. The van der Waals surface area contributed by atoms with Gasteiger partial charge in [-0.2, -0.15) is 0 Å². The third kappa shape index (κ3) is 2.52. The van der Waals surface area contributed by atoms with Crippen molar-refractivity contribution >= 4 is 34.5 Å². The van der Waals surface area contributed by atoms with Crippen LogP contribution in [0.2, 0.25) is 5.02 Å². The Bertz CT molecular complexity index is 811. The quantitative estimate of drug-likeness (QED) is 0.742. The van der Waals surface area contributed by atoms with Gasteiger partial charge in [0.05, 0.1) is 21.4 Å². The highest BCUT2D eigenvalue weighted by Gasteiger charge is 2.21. The highest BCUT2D eigenvalue weighted by molar-refractivity contribution is 7.80. The highest BCUT2D eigenvalue weighted by Crippen LogP contribution is 2.31. The largest absolute Gasteiger partial charge is 0.393 e. The standard InChI is InChI=1S/C16H14ClN3S/c1-10(16(18)21)15-14(11-5-3-2-4-6-11)19-13-8-7-12(17)9-20(13)15/h2-10H,1H3,(H2,18,21). The summed E-state index contributed by atoms with van der Waals surface area (Å²) in [5.41, 5.74) is 9.58. The molecule has 3 rings (SSSR count). The fourth-order valence-corrected chi connectivity index (χ4v) is 2.67. The lowest BCUT2D eigenvalue weighted by atomic mass is 10.0. The second-order valence-electron chi connectivity index (χ2n) is 4.91. The molecule has 0 spiro atoms. The van der Waals surface area contributed by atoms with Crippen molar-refractivity contribution in [1.82, 2.24) is 9.38 Å². The second-order valence-corrected chi connectivity index (χ2v) is 5.82. The van der Waals surface area contributed by atoms with Gasteiger partial charge < -0.3 is 10.1 Å². The summed E-state index contributed by atoms with van der Waals surface area (Å²) in [6, 6.07) is 13.7. The Labute approximate surface area is 133 Å². The molecule has 0 aliphatic carbocycles. The summed E-state index contributed by atoms with van der Waals surface area (Å²) in [5.74, 6) is -0.0938. The average molecular weight is 316 g/mol. The summed E-state index contributed by atoms with van der Waals surface area (Å²) < 4.78 is 1.97. The monoisotopic (exact) mass is 315 g/mol. The van der Waals surface area contributed by atoms with Crippen molar-refractivity contribution in [1.29, 1.82) is 0 Å². The van der Waals surface area contributed by atoms with E-state index in [9.17, 15) is 0 Å². The van der Waals surface area contributed by atoms with Gasteiger partial charge in [-0.15, -0.1) is 0 Å². The summed E-state index contributed by atoms with van der Waals surface area (Å²) in [7, 11) is 0. The molecule has 0 saturated heterocycles. The van der Waals surface area contributed by atoms with Gasteiger partial charge in [-0.25, -0.2) is 4.98 Å². The van der Waals surface area contributed by atoms with E-state index in [0.717, 1.165) is 22.6 Å². The van der Waals surface area contributed by atoms with Gasteiger partial charge in [0, 0.05) is 17.7 Å². The van der Waals surface area contributed by atoms with Crippen LogP contribution in [0.5, 0.6) is 0 Å². The van der Waals surface area contributed by atoms with Crippen molar-refractivity contribution in [3.05, 3.63) is 59.4 Å². The van der Waals surface area contributed by atoms with Crippen LogP contribution in [0.4, 0.5) is 0 Å². The maximum atomic E-state index is 6.12. The third-order valence-electron chi connectivity index (χ3n) is 3.50. The minimum Gasteiger partial charge on any atom is -0.393 e. The number of thiocarbonyl (C=S) groups is 1. The topological polar surface area (TPSA) is 43.3 Å². The van der Waals surface area contributed by atoms with E-state index in [1.165, 1.54) is 0 Å². The summed E-state index contributed by atoms with van der Waals surface area (Å²) in [6.07, 6.45) is 1.85. The van der Waals surface area contributed by atoms with Gasteiger partial charge in [0.2, 0.25) is 0 Å². The molecular formula is C16H14ClN3S. The number of hydrogen-bond donors (Lipinski definition) is 1. The van der Waals surface area contributed by atoms with Gasteiger partial charge in [0.25, 0.3) is 0 Å². The molecule has 1 unspecified atom stereocenters. The lowest BCUT2D eigenvalue weighted by Crippen LogP contribution is -2.18. The van der Waals surface area contributed by atoms with Crippen molar-refractivity contribution in [2.24, 2.45) is 5.73 Å². The molecule has 21 heavy (non-hydrogen) atoms. The zero-order chi connectivity index (χ0) is 15.0. The molecule has 106 valence electrons. The molecule has 0 amide bonds. The van der Waals surface area contributed by atoms with E-state index < -0.39 is 0 Å². The Morgan fingerprint density at radius 2 is 1.95 bits per heavy atom. The molecule has 2 aromatic heterocycles. The molecule has 3 nitrogen and oxygen atoms in total. The summed E-state index contributed by atoms with van der Waals surface area (Å²) >= 11 is 11.3. The van der Waals surface area contributed by atoms with Crippen LogP contribution in [-0.4, -0.2) is 14.4 Å². The molecule has 0 bridgehead atoms. The van der Waals surface area contributed by atoms with Crippen molar-refractivity contribution in [2.45, 2.75) is 12.8 Å². The molecule has 0 fully saturated rings. The van der Waals surface area contributed by atoms with Gasteiger partial charge in [0.15, 0.2) is 0 Å². The minimum atomic E-state index is -0.0938. The number of rotatable bonds is 3. The molecule has 1 atom stereocenters. The van der Waals surface area contributed by atoms with E-state index in [1.54, 1.807) is 0 Å². The van der Waals surface area contributed by atoms with E-state index >= 15 is 0 Å². The smallest absolute Gasteiger partial charge is 0.137 e. The van der Waals surface area contributed by atoms with Gasteiger partial charge in [-0.3, -0.25) is 0 Å². The fraction of sp³-hybridized carbons (Fsp3) is 0.125. The Hall–Kier alpha value is -1.91. The Balaban J connectivity index is 2.33. The number of nitrogens with two attached hydrogens (primary N) is 1. The van der Waals surface area contributed by atoms with Crippen molar-refractivity contribution in [2.75, 3.05) is 0 Å². The molecule has 1 aromatic carbocycles. The van der Waals surface area contributed by atoms with E-state index in [0.29, 0.717) is 10.0 Å². The SMILES string of the molecule is CC(C(N)=S)c1c(-c2ccccc2)nc2ccc(Cl)cn12. The Morgan fingerprint density at radius 3 is 2.62 bits per heavy atom. The Morgan fingerprint density at radius 1 is 1.24 bits per heavy atom. The predicted molar refractivity (Wildman–Crippen MR) is 90.8 cm³/mol. The molecule has 0 aliphatic heterocycles. The fourth-order valence-electron chi connectivity index (χ4n) is 2.39. The average Bonchev–Trinajstić information content (AvgIpc) is 2.85. The maximum absolute atomic E-state index is 6.12. The van der Waals surface area contributed by atoms with Gasteiger partial charge in [-0.1, -0.05) is 61.1 Å². The van der Waals surface area contributed by atoms with E-state index in [-0.39, 0.29) is 5.92 Å². The molecule has 2 heterocycles. The summed E-state index contributed by atoms with van der Waals surface area (Å²) in [5, 5.41) is 0.649. The van der Waals surface area contributed by atoms with Crippen LogP contribution >= 0.6 is 23.8 Å². The van der Waals surface area contributed by atoms with Crippen LogP contribution in [0.15, 0.2) is 48.7 Å². The van der Waals surface area contributed by atoms with E-state index in [4.69, 9.17) is 34.5 Å². The van der Waals surface area contributed by atoms with Gasteiger partial charge >= 0.3 is 0 Å². The molecule has 0 aliphatic rings. The first-order valence-electron chi connectivity index (χ1n) is 6.60. The Kier molecular flexibility index (Phi) is 3.66. The summed E-state index contributed by atoms with van der Waals surface area (Å²) in [4.78, 5) is 5.16. The van der Waals surface area contributed by atoms with Crippen molar-refractivity contribution in [3.8, 4) is 11.3 Å². The maximum Gasteiger partial charge on any atom is 0.137 e. The minimum absolute atomic E-state index is 0.0938. The molecule has 0 saturated carbocycles. The molecule has 2 N–H and O–H groups in total. The normalized spacial score (nSPS) is 12.5. The number of nitrogens with zero attached hydrogens (tertiary/aromatic N) is 2. The highest BCUT2D eigenvalue weighted by atomic mass is 35.5. The van der Waals surface area contributed by atoms with Crippen LogP contribution < -0.4 is 5.73 Å². The zero-order valence-corrected chi connectivity index (χ0v) is 13.0. The summed E-state index contributed by atoms with van der Waals surface area (Å²) in [6.45, 7) is 1.99. The van der Waals surface area contributed by atoms with Crippen LogP contribution in [0.3, 0.4) is 0 Å². The lowest BCUT2D eigenvalue weighted by Gasteiger charge is -2.12. The predicted octanol–water partition coefficient (Wildman–Crippen LogP) is 4.04. The third-order valence-corrected chi connectivity index (χ3v) is 4.08. The number of halogens is 1. The first-order chi connectivity index (χ1) is 10.1.